The summed E-state index contributed by atoms with van der Waals surface area (Å²) in [5.74, 6) is -1.69. The highest BCUT2D eigenvalue weighted by Crippen LogP contribution is 2.29. The van der Waals surface area contributed by atoms with E-state index in [0.29, 0.717) is 11.3 Å². The first-order chi connectivity index (χ1) is 8.40. The molecule has 2 atom stereocenters. The Balaban J connectivity index is 2.68. The van der Waals surface area contributed by atoms with E-state index in [1.54, 1.807) is 13.1 Å². The second-order valence-electron chi connectivity index (χ2n) is 4.40. The molecular formula is C13H16F2N2S. The minimum Gasteiger partial charge on any atom is -0.303 e. The van der Waals surface area contributed by atoms with Gasteiger partial charge in [-0.1, -0.05) is 6.92 Å². The molecule has 0 aliphatic rings. The highest BCUT2D eigenvalue weighted by molar-refractivity contribution is 7.99. The van der Waals surface area contributed by atoms with E-state index in [4.69, 9.17) is 5.26 Å². The van der Waals surface area contributed by atoms with Crippen LogP contribution in [0.4, 0.5) is 8.78 Å². The standard InChI is InChI=1S/C13H16F2N2S/c1-9(7-13(2,8-16)17-3)18-10-4-5-11(14)12(15)6-10/h4-6,9,17H,7H2,1-3H3. The van der Waals surface area contributed by atoms with E-state index < -0.39 is 17.2 Å². The normalized spacial score (nSPS) is 15.8. The molecule has 2 unspecified atom stereocenters. The number of nitrogens with zero attached hydrogens (tertiary/aromatic N) is 1. The molecule has 0 amide bonds. The van der Waals surface area contributed by atoms with Crippen LogP contribution in [0.3, 0.4) is 0 Å². The summed E-state index contributed by atoms with van der Waals surface area (Å²) in [4.78, 5) is 0.665. The Labute approximate surface area is 110 Å². The molecule has 0 spiro atoms. The third-order valence-electron chi connectivity index (χ3n) is 2.72. The molecule has 5 heteroatoms. The Morgan fingerprint density at radius 1 is 1.44 bits per heavy atom. The van der Waals surface area contributed by atoms with Gasteiger partial charge in [0.2, 0.25) is 0 Å². The topological polar surface area (TPSA) is 35.8 Å². The average Bonchev–Trinajstić information content (AvgIpc) is 2.33. The molecule has 0 bridgehead atoms. The van der Waals surface area contributed by atoms with Gasteiger partial charge in [0.15, 0.2) is 11.6 Å². The van der Waals surface area contributed by atoms with Crippen LogP contribution in [0.25, 0.3) is 0 Å². The minimum absolute atomic E-state index is 0.118. The predicted molar refractivity (Wildman–Crippen MR) is 69.4 cm³/mol. The molecular weight excluding hydrogens is 254 g/mol. The van der Waals surface area contributed by atoms with Gasteiger partial charge in [-0.25, -0.2) is 8.78 Å². The third-order valence-corrected chi connectivity index (χ3v) is 3.82. The first-order valence-electron chi connectivity index (χ1n) is 5.62. The van der Waals surface area contributed by atoms with Crippen LogP contribution in [-0.4, -0.2) is 17.8 Å². The molecule has 2 nitrogen and oxygen atoms in total. The number of rotatable bonds is 5. The summed E-state index contributed by atoms with van der Waals surface area (Å²) in [6, 6.07) is 6.05. The molecule has 0 heterocycles. The van der Waals surface area contributed by atoms with Crippen molar-refractivity contribution in [1.29, 1.82) is 5.26 Å². The van der Waals surface area contributed by atoms with E-state index in [0.717, 1.165) is 6.07 Å². The summed E-state index contributed by atoms with van der Waals surface area (Å²) in [6.45, 7) is 3.77. The van der Waals surface area contributed by atoms with E-state index in [1.165, 1.54) is 17.8 Å². The lowest BCUT2D eigenvalue weighted by atomic mass is 9.98. The Morgan fingerprint density at radius 2 is 2.11 bits per heavy atom. The van der Waals surface area contributed by atoms with Crippen LogP contribution < -0.4 is 5.32 Å². The van der Waals surface area contributed by atoms with Gasteiger partial charge < -0.3 is 5.32 Å². The van der Waals surface area contributed by atoms with Crippen molar-refractivity contribution < 1.29 is 8.78 Å². The van der Waals surface area contributed by atoms with Crippen molar-refractivity contribution >= 4 is 11.8 Å². The summed E-state index contributed by atoms with van der Waals surface area (Å²) >= 11 is 1.43. The van der Waals surface area contributed by atoms with Crippen LogP contribution in [0.2, 0.25) is 0 Å². The molecule has 1 aromatic carbocycles. The molecule has 1 aromatic rings. The zero-order chi connectivity index (χ0) is 13.8. The number of benzene rings is 1. The second kappa shape index (κ2) is 6.17. The quantitative estimate of drug-likeness (QED) is 0.834. The zero-order valence-electron chi connectivity index (χ0n) is 10.6. The van der Waals surface area contributed by atoms with E-state index in [9.17, 15) is 8.78 Å². The van der Waals surface area contributed by atoms with Crippen molar-refractivity contribution in [3.63, 3.8) is 0 Å². The molecule has 18 heavy (non-hydrogen) atoms. The maximum Gasteiger partial charge on any atom is 0.159 e. The van der Waals surface area contributed by atoms with Crippen LogP contribution in [-0.2, 0) is 0 Å². The lowest BCUT2D eigenvalue weighted by molar-refractivity contribution is 0.455. The molecule has 0 saturated heterocycles. The predicted octanol–water partition coefficient (Wildman–Crippen LogP) is 3.34. The van der Waals surface area contributed by atoms with Gasteiger partial charge in [0, 0.05) is 10.1 Å². The number of halogens is 2. The van der Waals surface area contributed by atoms with E-state index in [2.05, 4.69) is 11.4 Å². The van der Waals surface area contributed by atoms with E-state index in [1.807, 2.05) is 13.8 Å². The van der Waals surface area contributed by atoms with Gasteiger partial charge in [0.1, 0.15) is 5.54 Å². The van der Waals surface area contributed by atoms with Gasteiger partial charge in [-0.3, -0.25) is 0 Å². The van der Waals surface area contributed by atoms with Crippen LogP contribution in [0.1, 0.15) is 20.3 Å². The van der Waals surface area contributed by atoms with Crippen molar-refractivity contribution in [2.45, 2.75) is 36.0 Å². The third kappa shape index (κ3) is 3.97. The smallest absolute Gasteiger partial charge is 0.159 e. The highest BCUT2D eigenvalue weighted by Gasteiger charge is 2.24. The maximum atomic E-state index is 13.0. The lowest BCUT2D eigenvalue weighted by Gasteiger charge is -2.24. The second-order valence-corrected chi connectivity index (χ2v) is 5.91. The molecule has 0 fully saturated rings. The summed E-state index contributed by atoms with van der Waals surface area (Å²) < 4.78 is 25.8. The Morgan fingerprint density at radius 3 is 2.61 bits per heavy atom. The van der Waals surface area contributed by atoms with Crippen LogP contribution in [0.15, 0.2) is 23.1 Å². The van der Waals surface area contributed by atoms with Gasteiger partial charge in [0.05, 0.1) is 6.07 Å². The molecule has 0 aliphatic heterocycles. The average molecular weight is 270 g/mol. The van der Waals surface area contributed by atoms with Gasteiger partial charge in [-0.2, -0.15) is 5.26 Å². The van der Waals surface area contributed by atoms with Gasteiger partial charge in [-0.15, -0.1) is 11.8 Å². The monoisotopic (exact) mass is 270 g/mol. The number of hydrogen-bond acceptors (Lipinski definition) is 3. The fraction of sp³-hybridized carbons (Fsp3) is 0.462. The number of nitriles is 1. The van der Waals surface area contributed by atoms with E-state index in [-0.39, 0.29) is 5.25 Å². The van der Waals surface area contributed by atoms with Crippen molar-refractivity contribution in [2.24, 2.45) is 0 Å². The lowest BCUT2D eigenvalue weighted by Crippen LogP contribution is -2.40. The Hall–Kier alpha value is -1.12. The SMILES string of the molecule is CNC(C)(C#N)CC(C)Sc1ccc(F)c(F)c1. The van der Waals surface area contributed by atoms with Crippen molar-refractivity contribution in [2.75, 3.05) is 7.05 Å². The summed E-state index contributed by atoms with van der Waals surface area (Å²) in [7, 11) is 1.73. The van der Waals surface area contributed by atoms with Crippen molar-refractivity contribution in [3.05, 3.63) is 29.8 Å². The van der Waals surface area contributed by atoms with Crippen molar-refractivity contribution in [1.82, 2.24) is 5.32 Å². The maximum absolute atomic E-state index is 13.0. The Bertz CT molecular complexity index is 459. The molecule has 0 saturated carbocycles. The van der Waals surface area contributed by atoms with Gasteiger partial charge in [0.25, 0.3) is 0 Å². The van der Waals surface area contributed by atoms with Crippen LogP contribution in [0.5, 0.6) is 0 Å². The molecule has 1 rings (SSSR count). The minimum atomic E-state index is -0.844. The van der Waals surface area contributed by atoms with Gasteiger partial charge in [-0.05, 0) is 38.6 Å². The van der Waals surface area contributed by atoms with Crippen LogP contribution >= 0.6 is 11.8 Å². The molecule has 98 valence electrons. The summed E-state index contributed by atoms with van der Waals surface area (Å²) in [5, 5.41) is 12.1. The molecule has 0 radical (unpaired) electrons. The first-order valence-corrected chi connectivity index (χ1v) is 6.50. The Kier molecular flexibility index (Phi) is 5.12. The number of hydrogen-bond donors (Lipinski definition) is 1. The highest BCUT2D eigenvalue weighted by atomic mass is 32.2. The summed E-state index contributed by atoms with van der Waals surface area (Å²) in [5.41, 5.74) is -0.606. The van der Waals surface area contributed by atoms with E-state index >= 15 is 0 Å². The number of thioether (sulfide) groups is 1. The fourth-order valence-corrected chi connectivity index (χ4v) is 2.80. The van der Waals surface area contributed by atoms with Crippen LogP contribution in [0, 0.1) is 23.0 Å². The molecule has 1 N–H and O–H groups in total. The zero-order valence-corrected chi connectivity index (χ0v) is 11.4. The van der Waals surface area contributed by atoms with Gasteiger partial charge >= 0.3 is 0 Å². The molecule has 0 aromatic heterocycles. The summed E-state index contributed by atoms with van der Waals surface area (Å²) in [6.07, 6.45) is 0.615. The largest absolute Gasteiger partial charge is 0.303 e. The van der Waals surface area contributed by atoms with Crippen molar-refractivity contribution in [3.8, 4) is 6.07 Å². The first kappa shape index (κ1) is 14.9. The molecule has 0 aliphatic carbocycles. The number of nitrogens with one attached hydrogen (secondary N) is 1. The fourth-order valence-electron chi connectivity index (χ4n) is 1.60.